The molecular weight excluding hydrogens is 283 g/mol. The van der Waals surface area contributed by atoms with Crippen molar-refractivity contribution in [2.75, 3.05) is 0 Å². The van der Waals surface area contributed by atoms with Crippen LogP contribution < -0.4 is 0 Å². The normalized spacial score (nSPS) is 12.6. The van der Waals surface area contributed by atoms with Gasteiger partial charge in [-0.15, -0.1) is 0 Å². The van der Waals surface area contributed by atoms with E-state index in [1.807, 2.05) is 30.3 Å². The zero-order chi connectivity index (χ0) is 15.8. The Labute approximate surface area is 128 Å². The Morgan fingerprint density at radius 1 is 0.905 bits per heavy atom. The third kappa shape index (κ3) is 4.95. The molecule has 0 heterocycles. The molecule has 0 radical (unpaired) electrons. The van der Waals surface area contributed by atoms with Crippen LogP contribution in [0, 0.1) is 0 Å². The minimum absolute atomic E-state index is 0.568. The van der Waals surface area contributed by atoms with Gasteiger partial charge in [0.05, 0.1) is 5.16 Å². The molecule has 0 saturated carbocycles. The van der Waals surface area contributed by atoms with E-state index >= 15 is 0 Å². The van der Waals surface area contributed by atoms with Crippen LogP contribution in [0.25, 0.3) is 0 Å². The van der Waals surface area contributed by atoms with Gasteiger partial charge in [-0.25, -0.2) is 0 Å². The highest BCUT2D eigenvalue weighted by Gasteiger charge is 2.46. The zero-order valence-electron chi connectivity index (χ0n) is 13.3. The third-order valence-corrected chi connectivity index (χ3v) is 6.08. The van der Waals surface area contributed by atoms with Crippen molar-refractivity contribution in [2.45, 2.75) is 70.4 Å². The molecule has 0 saturated heterocycles. The Morgan fingerprint density at radius 3 is 1.76 bits per heavy atom. The first kappa shape index (κ1) is 18.4. The topological polar surface area (TPSA) is 57.5 Å². The van der Waals surface area contributed by atoms with Crippen LogP contribution in [0.5, 0.6) is 0 Å². The van der Waals surface area contributed by atoms with Gasteiger partial charge in [0, 0.05) is 0 Å². The fourth-order valence-corrected chi connectivity index (χ4v) is 4.34. The van der Waals surface area contributed by atoms with Crippen LogP contribution in [-0.4, -0.2) is 9.79 Å². The van der Waals surface area contributed by atoms with Gasteiger partial charge in [0.1, 0.15) is 0 Å². The first-order valence-electron chi connectivity index (χ1n) is 8.09. The van der Waals surface area contributed by atoms with Gasteiger partial charge in [-0.2, -0.15) is 0 Å². The lowest BCUT2D eigenvalue weighted by Gasteiger charge is -2.35. The molecule has 2 N–H and O–H groups in total. The minimum atomic E-state index is -4.21. The van der Waals surface area contributed by atoms with Gasteiger partial charge in [0.15, 0.2) is 0 Å². The maximum Gasteiger partial charge on any atom is 0.335 e. The summed E-state index contributed by atoms with van der Waals surface area (Å²) in [6, 6.07) is 9.39. The van der Waals surface area contributed by atoms with Crippen molar-refractivity contribution in [1.82, 2.24) is 0 Å². The van der Waals surface area contributed by atoms with E-state index in [2.05, 4.69) is 13.8 Å². The molecule has 21 heavy (non-hydrogen) atoms. The molecule has 0 aliphatic rings. The molecule has 0 unspecified atom stereocenters. The van der Waals surface area contributed by atoms with E-state index in [-0.39, 0.29) is 0 Å². The monoisotopic (exact) mass is 312 g/mol. The van der Waals surface area contributed by atoms with E-state index in [1.54, 1.807) is 0 Å². The standard InChI is InChI=1S/C17H29O3P/c1-3-5-10-14-17(21(18,19)20,15-11-6-4-2)16-12-8-7-9-13-16/h7-9,12-13H,3-6,10-11,14-15H2,1-2H3,(H2,18,19,20). The molecule has 3 nitrogen and oxygen atoms in total. The molecule has 4 heteroatoms. The predicted octanol–water partition coefficient (Wildman–Crippen LogP) is 5.22. The van der Waals surface area contributed by atoms with E-state index in [4.69, 9.17) is 0 Å². The number of hydrogen-bond acceptors (Lipinski definition) is 1. The Kier molecular flexibility index (Phi) is 7.65. The smallest absolute Gasteiger partial charge is 0.324 e. The summed E-state index contributed by atoms with van der Waals surface area (Å²) in [4.78, 5) is 20.2. The summed E-state index contributed by atoms with van der Waals surface area (Å²) < 4.78 is 12.3. The Bertz CT molecular complexity index is 429. The van der Waals surface area contributed by atoms with E-state index in [9.17, 15) is 14.4 Å². The fourth-order valence-electron chi connectivity index (χ4n) is 2.96. The number of hydrogen-bond donors (Lipinski definition) is 2. The van der Waals surface area contributed by atoms with E-state index in [1.165, 1.54) is 0 Å². The summed E-state index contributed by atoms with van der Waals surface area (Å²) in [7, 11) is -4.21. The maximum absolute atomic E-state index is 12.3. The molecule has 1 rings (SSSR count). The SMILES string of the molecule is CCCCCC(CCCCC)(c1ccccc1)P(=O)(O)O. The van der Waals surface area contributed by atoms with Gasteiger partial charge in [-0.1, -0.05) is 82.7 Å². The van der Waals surface area contributed by atoms with Crippen LogP contribution in [0.3, 0.4) is 0 Å². The summed E-state index contributed by atoms with van der Waals surface area (Å²) >= 11 is 0. The Morgan fingerprint density at radius 2 is 1.38 bits per heavy atom. The molecule has 0 amide bonds. The van der Waals surface area contributed by atoms with Crippen molar-refractivity contribution >= 4 is 7.60 Å². The van der Waals surface area contributed by atoms with Gasteiger partial charge < -0.3 is 9.79 Å². The van der Waals surface area contributed by atoms with Gasteiger partial charge >= 0.3 is 7.60 Å². The van der Waals surface area contributed by atoms with Crippen LogP contribution in [-0.2, 0) is 9.72 Å². The van der Waals surface area contributed by atoms with E-state index in [0.29, 0.717) is 12.8 Å². The molecule has 0 bridgehead atoms. The van der Waals surface area contributed by atoms with Crippen LogP contribution in [0.1, 0.15) is 70.8 Å². The largest absolute Gasteiger partial charge is 0.335 e. The molecule has 0 atom stereocenters. The van der Waals surface area contributed by atoms with Gasteiger partial charge in [0.2, 0.25) is 0 Å². The van der Waals surface area contributed by atoms with Crippen molar-refractivity contribution in [3.05, 3.63) is 35.9 Å². The average Bonchev–Trinajstić information content (AvgIpc) is 2.45. The summed E-state index contributed by atoms with van der Waals surface area (Å²) in [6.45, 7) is 4.22. The minimum Gasteiger partial charge on any atom is -0.324 e. The summed E-state index contributed by atoms with van der Waals surface area (Å²) in [6.07, 6.45) is 7.01. The highest BCUT2D eigenvalue weighted by Crippen LogP contribution is 2.62. The van der Waals surface area contributed by atoms with E-state index in [0.717, 1.165) is 44.1 Å². The molecular formula is C17H29O3P. The second kappa shape index (κ2) is 8.73. The number of unbranched alkanes of at least 4 members (excludes halogenated alkanes) is 4. The molecule has 120 valence electrons. The highest BCUT2D eigenvalue weighted by atomic mass is 31.2. The Hall–Kier alpha value is -0.630. The molecule has 0 aromatic heterocycles. The molecule has 1 aromatic rings. The zero-order valence-corrected chi connectivity index (χ0v) is 14.2. The van der Waals surface area contributed by atoms with Crippen molar-refractivity contribution in [3.8, 4) is 0 Å². The first-order chi connectivity index (χ1) is 9.98. The Balaban J connectivity index is 3.11. The lowest BCUT2D eigenvalue weighted by atomic mass is 9.87. The van der Waals surface area contributed by atoms with Gasteiger partial charge in [0.25, 0.3) is 0 Å². The fraction of sp³-hybridized carbons (Fsp3) is 0.647. The second-order valence-electron chi connectivity index (χ2n) is 5.86. The predicted molar refractivity (Wildman–Crippen MR) is 88.4 cm³/mol. The molecule has 0 aliphatic carbocycles. The molecule has 1 aromatic carbocycles. The van der Waals surface area contributed by atoms with E-state index < -0.39 is 12.8 Å². The quantitative estimate of drug-likeness (QED) is 0.460. The van der Waals surface area contributed by atoms with Crippen molar-refractivity contribution in [2.24, 2.45) is 0 Å². The summed E-state index contributed by atoms with van der Waals surface area (Å²) in [5.41, 5.74) is 0.797. The van der Waals surface area contributed by atoms with Crippen LogP contribution in [0.15, 0.2) is 30.3 Å². The maximum atomic E-state index is 12.3. The summed E-state index contributed by atoms with van der Waals surface area (Å²) in [5, 5.41) is -1.00. The van der Waals surface area contributed by atoms with Gasteiger partial charge in [-0.05, 0) is 18.4 Å². The second-order valence-corrected chi connectivity index (χ2v) is 7.80. The number of benzene rings is 1. The highest BCUT2D eigenvalue weighted by molar-refractivity contribution is 7.53. The van der Waals surface area contributed by atoms with Crippen molar-refractivity contribution < 1.29 is 14.4 Å². The average molecular weight is 312 g/mol. The first-order valence-corrected chi connectivity index (χ1v) is 9.70. The van der Waals surface area contributed by atoms with Crippen molar-refractivity contribution in [3.63, 3.8) is 0 Å². The third-order valence-electron chi connectivity index (χ3n) is 4.26. The lowest BCUT2D eigenvalue weighted by Crippen LogP contribution is -2.26. The van der Waals surface area contributed by atoms with Crippen LogP contribution >= 0.6 is 7.60 Å². The summed E-state index contributed by atoms with van der Waals surface area (Å²) in [5.74, 6) is 0. The number of rotatable bonds is 10. The van der Waals surface area contributed by atoms with Gasteiger partial charge in [-0.3, -0.25) is 4.57 Å². The molecule has 0 aliphatic heterocycles. The van der Waals surface area contributed by atoms with Crippen molar-refractivity contribution in [1.29, 1.82) is 0 Å². The lowest BCUT2D eigenvalue weighted by molar-refractivity contribution is 0.299. The van der Waals surface area contributed by atoms with Crippen LogP contribution in [0.4, 0.5) is 0 Å². The van der Waals surface area contributed by atoms with Crippen LogP contribution in [0.2, 0.25) is 0 Å². The molecule has 0 spiro atoms. The molecule has 0 fully saturated rings.